The van der Waals surface area contributed by atoms with Gasteiger partial charge < -0.3 is 4.74 Å². The summed E-state index contributed by atoms with van der Waals surface area (Å²) in [6.07, 6.45) is 8.36. The van der Waals surface area contributed by atoms with Gasteiger partial charge in [-0.25, -0.2) is 8.42 Å². The van der Waals surface area contributed by atoms with Gasteiger partial charge in [-0.05, 0) is 30.7 Å². The molecule has 9 heteroatoms. The van der Waals surface area contributed by atoms with Crippen molar-refractivity contribution in [2.75, 3.05) is 13.1 Å². The summed E-state index contributed by atoms with van der Waals surface area (Å²) in [4.78, 5) is 8.63. The lowest BCUT2D eigenvalue weighted by Crippen LogP contribution is -2.31. The van der Waals surface area contributed by atoms with Crippen molar-refractivity contribution in [2.24, 2.45) is 7.05 Å². The Labute approximate surface area is 157 Å². The number of ether oxygens (including phenoxy) is 1. The van der Waals surface area contributed by atoms with Crippen molar-refractivity contribution in [3.05, 3.63) is 55.2 Å². The van der Waals surface area contributed by atoms with Gasteiger partial charge in [0.1, 0.15) is 22.4 Å². The van der Waals surface area contributed by atoms with Crippen LogP contribution in [0.15, 0.2) is 60.1 Å². The van der Waals surface area contributed by atoms with Crippen LogP contribution in [0.4, 0.5) is 0 Å². The van der Waals surface area contributed by atoms with E-state index in [9.17, 15) is 8.42 Å². The molecule has 1 aliphatic rings. The highest BCUT2D eigenvalue weighted by molar-refractivity contribution is 7.89. The van der Waals surface area contributed by atoms with Gasteiger partial charge in [0.25, 0.3) is 0 Å². The van der Waals surface area contributed by atoms with Crippen molar-refractivity contribution in [2.45, 2.75) is 17.4 Å². The average Bonchev–Trinajstić information content (AvgIpc) is 3.33. The predicted octanol–water partition coefficient (Wildman–Crippen LogP) is 1.72. The molecular formula is C18H19N5O3S. The number of aryl methyl sites for hydroxylation is 1. The first-order valence-corrected chi connectivity index (χ1v) is 9.99. The molecule has 8 nitrogen and oxygen atoms in total. The Morgan fingerprint density at radius 3 is 2.74 bits per heavy atom. The molecule has 4 heterocycles. The molecule has 0 bridgehead atoms. The molecule has 0 aromatic carbocycles. The number of aromatic nitrogens is 4. The summed E-state index contributed by atoms with van der Waals surface area (Å²) in [5.41, 5.74) is 1.62. The highest BCUT2D eigenvalue weighted by Gasteiger charge is 2.34. The number of rotatable bonds is 5. The Morgan fingerprint density at radius 1 is 1.19 bits per heavy atom. The molecule has 27 heavy (non-hydrogen) atoms. The molecular weight excluding hydrogens is 366 g/mol. The Hall–Kier alpha value is -2.78. The third-order valence-electron chi connectivity index (χ3n) is 4.44. The van der Waals surface area contributed by atoms with Crippen LogP contribution in [-0.2, 0) is 17.1 Å². The zero-order chi connectivity index (χ0) is 18.9. The number of hydrogen-bond donors (Lipinski definition) is 0. The van der Waals surface area contributed by atoms with Gasteiger partial charge in [-0.2, -0.15) is 9.40 Å². The van der Waals surface area contributed by atoms with Crippen LogP contribution >= 0.6 is 0 Å². The number of sulfonamides is 1. The minimum Gasteiger partial charge on any atom is -0.487 e. The van der Waals surface area contributed by atoms with E-state index in [1.807, 2.05) is 18.2 Å². The molecule has 1 unspecified atom stereocenters. The molecule has 3 aromatic heterocycles. The Balaban J connectivity index is 1.52. The fraction of sp³-hybridized carbons (Fsp3) is 0.278. The van der Waals surface area contributed by atoms with Gasteiger partial charge >= 0.3 is 0 Å². The second-order valence-corrected chi connectivity index (χ2v) is 8.27. The zero-order valence-electron chi connectivity index (χ0n) is 14.8. The van der Waals surface area contributed by atoms with E-state index in [1.54, 1.807) is 31.7 Å². The SMILES string of the molecule is Cn1cc(S(=O)(=O)N2CCC(Oc3cccnc3-c3ccncc3)C2)cn1. The van der Waals surface area contributed by atoms with Gasteiger partial charge in [0.2, 0.25) is 10.0 Å². The summed E-state index contributed by atoms with van der Waals surface area (Å²) in [7, 11) is -1.87. The monoisotopic (exact) mass is 385 g/mol. The van der Waals surface area contributed by atoms with E-state index >= 15 is 0 Å². The lowest BCUT2D eigenvalue weighted by atomic mass is 10.1. The van der Waals surface area contributed by atoms with Gasteiger partial charge in [-0.1, -0.05) is 0 Å². The van der Waals surface area contributed by atoms with E-state index in [-0.39, 0.29) is 11.0 Å². The van der Waals surface area contributed by atoms with E-state index in [4.69, 9.17) is 4.74 Å². The van der Waals surface area contributed by atoms with Crippen molar-refractivity contribution < 1.29 is 13.2 Å². The van der Waals surface area contributed by atoms with Gasteiger partial charge in [-0.15, -0.1) is 0 Å². The first kappa shape index (κ1) is 17.6. The van der Waals surface area contributed by atoms with E-state index in [1.165, 1.54) is 21.4 Å². The van der Waals surface area contributed by atoms with Gasteiger partial charge in [0.15, 0.2) is 0 Å². The zero-order valence-corrected chi connectivity index (χ0v) is 15.6. The molecule has 0 N–H and O–H groups in total. The van der Waals surface area contributed by atoms with E-state index in [0.29, 0.717) is 31.0 Å². The molecule has 1 saturated heterocycles. The smallest absolute Gasteiger partial charge is 0.246 e. The second kappa shape index (κ2) is 7.09. The van der Waals surface area contributed by atoms with Crippen LogP contribution in [0.1, 0.15) is 6.42 Å². The van der Waals surface area contributed by atoms with Crippen LogP contribution in [0.5, 0.6) is 5.75 Å². The maximum absolute atomic E-state index is 12.7. The van der Waals surface area contributed by atoms with E-state index in [2.05, 4.69) is 15.1 Å². The first-order valence-electron chi connectivity index (χ1n) is 8.55. The summed E-state index contributed by atoms with van der Waals surface area (Å²) >= 11 is 0. The van der Waals surface area contributed by atoms with Crippen LogP contribution in [0, 0.1) is 0 Å². The third-order valence-corrected chi connectivity index (χ3v) is 6.26. The fourth-order valence-electron chi connectivity index (χ4n) is 3.09. The Kier molecular flexibility index (Phi) is 4.63. The van der Waals surface area contributed by atoms with Crippen LogP contribution in [0.3, 0.4) is 0 Å². The van der Waals surface area contributed by atoms with Crippen LogP contribution < -0.4 is 4.74 Å². The molecule has 0 spiro atoms. The summed E-state index contributed by atoms with van der Waals surface area (Å²) < 4.78 is 34.5. The molecule has 1 atom stereocenters. The summed E-state index contributed by atoms with van der Waals surface area (Å²) in [6.45, 7) is 0.703. The molecule has 140 valence electrons. The molecule has 0 saturated carbocycles. The summed E-state index contributed by atoms with van der Waals surface area (Å²) in [6, 6.07) is 7.38. The maximum atomic E-state index is 12.7. The molecule has 4 rings (SSSR count). The molecule has 1 fully saturated rings. The average molecular weight is 385 g/mol. The lowest BCUT2D eigenvalue weighted by molar-refractivity contribution is 0.216. The van der Waals surface area contributed by atoms with Crippen LogP contribution in [-0.4, -0.2) is 51.7 Å². The number of pyridine rings is 2. The van der Waals surface area contributed by atoms with E-state index in [0.717, 1.165) is 5.56 Å². The van der Waals surface area contributed by atoms with Crippen molar-refractivity contribution in [3.8, 4) is 17.0 Å². The topological polar surface area (TPSA) is 90.2 Å². The normalized spacial score (nSPS) is 17.9. The first-order chi connectivity index (χ1) is 13.0. The van der Waals surface area contributed by atoms with E-state index < -0.39 is 10.0 Å². The van der Waals surface area contributed by atoms with Gasteiger partial charge in [-0.3, -0.25) is 14.6 Å². The minimum absolute atomic E-state index is 0.199. The van der Waals surface area contributed by atoms with Crippen molar-refractivity contribution in [3.63, 3.8) is 0 Å². The number of nitrogens with zero attached hydrogens (tertiary/aromatic N) is 5. The maximum Gasteiger partial charge on any atom is 0.246 e. The highest BCUT2D eigenvalue weighted by atomic mass is 32.2. The molecule has 1 aliphatic heterocycles. The summed E-state index contributed by atoms with van der Waals surface area (Å²) in [5.74, 6) is 0.634. The largest absolute Gasteiger partial charge is 0.487 e. The predicted molar refractivity (Wildman–Crippen MR) is 98.5 cm³/mol. The molecule has 0 aliphatic carbocycles. The minimum atomic E-state index is -3.56. The van der Waals surface area contributed by atoms with Crippen molar-refractivity contribution in [1.29, 1.82) is 0 Å². The van der Waals surface area contributed by atoms with Crippen LogP contribution in [0.25, 0.3) is 11.3 Å². The molecule has 3 aromatic rings. The summed E-state index contributed by atoms with van der Waals surface area (Å²) in [5, 5.41) is 3.95. The van der Waals surface area contributed by atoms with Gasteiger partial charge in [0.05, 0.1) is 12.7 Å². The second-order valence-electron chi connectivity index (χ2n) is 6.33. The van der Waals surface area contributed by atoms with Crippen LogP contribution in [0.2, 0.25) is 0 Å². The third kappa shape index (κ3) is 3.56. The Morgan fingerprint density at radius 2 is 2.00 bits per heavy atom. The quantitative estimate of drug-likeness (QED) is 0.664. The number of hydrogen-bond acceptors (Lipinski definition) is 6. The Bertz CT molecular complexity index is 1040. The lowest BCUT2D eigenvalue weighted by Gasteiger charge is -2.17. The fourth-order valence-corrected chi connectivity index (χ4v) is 4.56. The van der Waals surface area contributed by atoms with Crippen molar-refractivity contribution in [1.82, 2.24) is 24.1 Å². The molecule has 0 amide bonds. The van der Waals surface area contributed by atoms with Gasteiger partial charge in [0, 0.05) is 43.9 Å². The highest BCUT2D eigenvalue weighted by Crippen LogP contribution is 2.30. The molecule has 0 radical (unpaired) electrons. The standard InChI is InChI=1S/C18H19N5O3S/c1-22-13-16(11-21-22)27(24,25)23-10-6-15(12-23)26-17-3-2-7-20-18(17)14-4-8-19-9-5-14/h2-5,7-9,11,13,15H,6,10,12H2,1H3. The van der Waals surface area contributed by atoms with Crippen molar-refractivity contribution >= 4 is 10.0 Å².